The van der Waals surface area contributed by atoms with Crippen LogP contribution in [-0.4, -0.2) is 11.2 Å². The van der Waals surface area contributed by atoms with E-state index < -0.39 is 0 Å². The zero-order valence-corrected chi connectivity index (χ0v) is 13.1. The van der Waals surface area contributed by atoms with E-state index in [0.29, 0.717) is 13.2 Å². The van der Waals surface area contributed by atoms with Crippen LogP contribution >= 0.6 is 15.9 Å². The van der Waals surface area contributed by atoms with Crippen molar-refractivity contribution in [2.24, 2.45) is 0 Å². The second-order valence-corrected chi connectivity index (χ2v) is 5.96. The average molecular weight is 345 g/mol. The van der Waals surface area contributed by atoms with Gasteiger partial charge in [0.1, 0.15) is 17.4 Å². The van der Waals surface area contributed by atoms with Gasteiger partial charge in [-0.25, -0.2) is 0 Å². The summed E-state index contributed by atoms with van der Waals surface area (Å²) in [4.78, 5) is 12.3. The number of pyridine rings is 1. The van der Waals surface area contributed by atoms with Gasteiger partial charge in [0.2, 0.25) is 0 Å². The van der Waals surface area contributed by atoms with E-state index in [-0.39, 0.29) is 11.1 Å². The van der Waals surface area contributed by atoms with Gasteiger partial charge in [-0.3, -0.25) is 4.79 Å². The van der Waals surface area contributed by atoms with Gasteiger partial charge in [0, 0.05) is 22.2 Å². The number of nitrogens with zero attached hydrogens (tertiary/aromatic N) is 2. The van der Waals surface area contributed by atoms with E-state index in [2.05, 4.69) is 15.9 Å². The molecule has 0 aliphatic carbocycles. The van der Waals surface area contributed by atoms with Crippen LogP contribution in [0.25, 0.3) is 0 Å². The molecule has 1 aliphatic rings. The Hall–Kier alpha value is -2.06. The zero-order valence-electron chi connectivity index (χ0n) is 11.5. The number of ether oxygens (including phenoxy) is 1. The molecule has 0 N–H and O–H groups in total. The summed E-state index contributed by atoms with van der Waals surface area (Å²) >= 11 is 3.50. The molecule has 2 aromatic rings. The second-order valence-electron chi connectivity index (χ2n) is 5.04. The lowest BCUT2D eigenvalue weighted by Gasteiger charge is -2.13. The third-order valence-corrected chi connectivity index (χ3v) is 4.12. The first-order valence-electron chi connectivity index (χ1n) is 6.65. The van der Waals surface area contributed by atoms with Crippen molar-refractivity contribution in [1.29, 1.82) is 5.26 Å². The first-order chi connectivity index (χ1) is 10.1. The first-order valence-corrected chi connectivity index (χ1v) is 7.44. The molecule has 0 unspecified atom stereocenters. The maximum Gasteiger partial charge on any atom is 0.268 e. The molecule has 5 heteroatoms. The number of benzene rings is 1. The Morgan fingerprint density at radius 2 is 2.24 bits per heavy atom. The first kappa shape index (κ1) is 13.9. The molecule has 0 saturated carbocycles. The smallest absolute Gasteiger partial charge is 0.268 e. The van der Waals surface area contributed by atoms with Crippen LogP contribution in [0.2, 0.25) is 0 Å². The predicted octanol–water partition coefficient (Wildman–Crippen LogP) is 2.77. The molecule has 1 aromatic carbocycles. The summed E-state index contributed by atoms with van der Waals surface area (Å²) in [7, 11) is 0. The lowest BCUT2D eigenvalue weighted by Crippen LogP contribution is -2.25. The Labute approximate surface area is 130 Å². The highest BCUT2D eigenvalue weighted by Gasteiger charge is 2.18. The van der Waals surface area contributed by atoms with Crippen LogP contribution in [0.15, 0.2) is 33.5 Å². The van der Waals surface area contributed by atoms with Gasteiger partial charge in [-0.15, -0.1) is 0 Å². The van der Waals surface area contributed by atoms with Crippen LogP contribution in [0.1, 0.15) is 22.4 Å². The van der Waals surface area contributed by atoms with E-state index in [1.54, 1.807) is 16.7 Å². The number of aromatic nitrogens is 1. The van der Waals surface area contributed by atoms with Crippen molar-refractivity contribution < 1.29 is 4.74 Å². The van der Waals surface area contributed by atoms with Gasteiger partial charge < -0.3 is 9.30 Å². The summed E-state index contributed by atoms with van der Waals surface area (Å²) in [6.45, 7) is 2.94. The van der Waals surface area contributed by atoms with Crippen LogP contribution in [-0.2, 0) is 13.0 Å². The topological polar surface area (TPSA) is 55.0 Å². The highest BCUT2D eigenvalue weighted by atomic mass is 79.9. The molecular formula is C16H13BrN2O2. The number of rotatable bonds is 2. The van der Waals surface area contributed by atoms with Gasteiger partial charge in [0.15, 0.2) is 0 Å². The van der Waals surface area contributed by atoms with Crippen LogP contribution in [0, 0.1) is 18.3 Å². The Bertz CT molecular complexity index is 818. The normalized spacial score (nSPS) is 12.6. The van der Waals surface area contributed by atoms with Crippen LogP contribution in [0.3, 0.4) is 0 Å². The van der Waals surface area contributed by atoms with Crippen molar-refractivity contribution in [3.05, 3.63) is 61.5 Å². The van der Waals surface area contributed by atoms with Gasteiger partial charge in [-0.05, 0) is 36.8 Å². The van der Waals surface area contributed by atoms with Gasteiger partial charge in [-0.1, -0.05) is 15.9 Å². The Morgan fingerprint density at radius 1 is 1.43 bits per heavy atom. The molecule has 0 bridgehead atoms. The largest absolute Gasteiger partial charge is 0.493 e. The maximum absolute atomic E-state index is 12.3. The highest BCUT2D eigenvalue weighted by molar-refractivity contribution is 9.10. The van der Waals surface area contributed by atoms with Crippen LogP contribution in [0.4, 0.5) is 0 Å². The third kappa shape index (κ3) is 2.47. The van der Waals surface area contributed by atoms with Crippen LogP contribution < -0.4 is 10.3 Å². The molecule has 0 spiro atoms. The number of hydrogen-bond acceptors (Lipinski definition) is 3. The molecule has 21 heavy (non-hydrogen) atoms. The molecule has 0 saturated heterocycles. The van der Waals surface area contributed by atoms with Crippen molar-refractivity contribution in [2.75, 3.05) is 6.61 Å². The molecular weight excluding hydrogens is 332 g/mol. The number of nitriles is 1. The minimum absolute atomic E-state index is 0.160. The van der Waals surface area contributed by atoms with Crippen molar-refractivity contribution in [3.63, 3.8) is 0 Å². The minimum atomic E-state index is -0.260. The van der Waals surface area contributed by atoms with Crippen molar-refractivity contribution in [2.45, 2.75) is 19.9 Å². The fraction of sp³-hybridized carbons (Fsp3) is 0.250. The lowest BCUT2D eigenvalue weighted by molar-refractivity contribution is 0.352. The summed E-state index contributed by atoms with van der Waals surface area (Å²) in [5.74, 6) is 0.867. The summed E-state index contributed by atoms with van der Waals surface area (Å²) in [5.41, 5.74) is 2.83. The molecule has 0 amide bonds. The number of hydrogen-bond donors (Lipinski definition) is 0. The molecule has 1 aromatic heterocycles. The van der Waals surface area contributed by atoms with Gasteiger partial charge in [0.25, 0.3) is 5.56 Å². The standard InChI is InChI=1S/C16H13BrN2O2/c1-10-2-3-12(8-18)16(20)19(10)9-13-7-14(17)6-11-4-5-21-15(11)13/h2-3,6-7H,4-5,9H2,1H3. The fourth-order valence-corrected chi connectivity index (χ4v) is 3.14. The Kier molecular flexibility index (Phi) is 3.56. The molecule has 4 nitrogen and oxygen atoms in total. The van der Waals surface area contributed by atoms with E-state index in [4.69, 9.17) is 10.00 Å². The molecule has 106 valence electrons. The highest BCUT2D eigenvalue weighted by Crippen LogP contribution is 2.33. The number of aryl methyl sites for hydroxylation is 1. The van der Waals surface area contributed by atoms with Crippen LogP contribution in [0.5, 0.6) is 5.75 Å². The second kappa shape index (κ2) is 5.38. The molecule has 0 fully saturated rings. The third-order valence-electron chi connectivity index (χ3n) is 3.67. The summed E-state index contributed by atoms with van der Waals surface area (Å²) < 4.78 is 8.28. The average Bonchev–Trinajstić information content (AvgIpc) is 2.91. The van der Waals surface area contributed by atoms with E-state index in [9.17, 15) is 4.79 Å². The van der Waals surface area contributed by atoms with Gasteiger partial charge >= 0.3 is 0 Å². The van der Waals surface area contributed by atoms with Gasteiger partial charge in [-0.2, -0.15) is 5.26 Å². The maximum atomic E-state index is 12.3. The van der Waals surface area contributed by atoms with Crippen molar-refractivity contribution in [1.82, 2.24) is 4.57 Å². The molecule has 0 atom stereocenters. The molecule has 0 radical (unpaired) electrons. The van der Waals surface area contributed by atoms with E-state index >= 15 is 0 Å². The molecule has 3 rings (SSSR count). The molecule has 1 aliphatic heterocycles. The monoisotopic (exact) mass is 344 g/mol. The predicted molar refractivity (Wildman–Crippen MR) is 82.6 cm³/mol. The quantitative estimate of drug-likeness (QED) is 0.841. The Balaban J connectivity index is 2.11. The summed E-state index contributed by atoms with van der Waals surface area (Å²) in [5, 5.41) is 9.00. The SMILES string of the molecule is Cc1ccc(C#N)c(=O)n1Cc1cc(Br)cc2c1OCC2. The Morgan fingerprint density at radius 3 is 3.00 bits per heavy atom. The van der Waals surface area contributed by atoms with Gasteiger partial charge in [0.05, 0.1) is 13.2 Å². The van der Waals surface area contributed by atoms with Crippen molar-refractivity contribution in [3.8, 4) is 11.8 Å². The van der Waals surface area contributed by atoms with E-state index in [1.165, 1.54) is 0 Å². The van der Waals surface area contributed by atoms with E-state index in [0.717, 1.165) is 33.5 Å². The van der Waals surface area contributed by atoms with Crippen molar-refractivity contribution >= 4 is 15.9 Å². The zero-order chi connectivity index (χ0) is 15.0. The molecule has 2 heterocycles. The fourth-order valence-electron chi connectivity index (χ4n) is 2.59. The minimum Gasteiger partial charge on any atom is -0.493 e. The van der Waals surface area contributed by atoms with E-state index in [1.807, 2.05) is 25.1 Å². The number of halogens is 1. The number of fused-ring (bicyclic) bond motifs is 1. The summed E-state index contributed by atoms with van der Waals surface area (Å²) in [6.07, 6.45) is 0.883. The lowest BCUT2D eigenvalue weighted by atomic mass is 10.1. The summed E-state index contributed by atoms with van der Waals surface area (Å²) in [6, 6.07) is 9.31.